The lowest BCUT2D eigenvalue weighted by molar-refractivity contribution is -0.136. The second kappa shape index (κ2) is 7.91. The van der Waals surface area contributed by atoms with Crippen molar-refractivity contribution in [2.45, 2.75) is 37.8 Å². The van der Waals surface area contributed by atoms with E-state index >= 15 is 0 Å². The molecular formula is C22H17F5N4O2. The van der Waals surface area contributed by atoms with Gasteiger partial charge >= 0.3 is 6.43 Å². The molecule has 2 aromatic carbocycles. The van der Waals surface area contributed by atoms with Crippen LogP contribution >= 0.6 is 0 Å². The van der Waals surface area contributed by atoms with Gasteiger partial charge in [0.05, 0.1) is 12.6 Å². The summed E-state index contributed by atoms with van der Waals surface area (Å²) < 4.78 is 72.4. The molecule has 0 bridgehead atoms. The third-order valence-corrected chi connectivity index (χ3v) is 5.89. The summed E-state index contributed by atoms with van der Waals surface area (Å²) in [5.41, 5.74) is 1.71. The topological polar surface area (TPSA) is 62.5 Å². The highest BCUT2D eigenvalue weighted by Gasteiger charge is 2.45. The standard InChI is InChI=1S/C22H17F5N4O2/c23-15-5-3-12(4-6-15)17-10-22(26,27)7-8-30(17)31-11-14-2-1-13(9-16(14)21(31)32)19-28-29-20(33-19)18(24)25/h1-6,9,17-18H,7-8,10-11H2. The van der Waals surface area contributed by atoms with Crippen molar-refractivity contribution in [1.82, 2.24) is 20.2 Å². The highest BCUT2D eigenvalue weighted by Crippen LogP contribution is 2.42. The molecule has 1 aromatic heterocycles. The van der Waals surface area contributed by atoms with Gasteiger partial charge in [-0.3, -0.25) is 9.80 Å². The van der Waals surface area contributed by atoms with Crippen molar-refractivity contribution in [2.24, 2.45) is 0 Å². The van der Waals surface area contributed by atoms with E-state index in [0.29, 0.717) is 22.3 Å². The number of nitrogens with zero attached hydrogens (tertiary/aromatic N) is 4. The van der Waals surface area contributed by atoms with Crippen LogP contribution in [0.1, 0.15) is 52.7 Å². The van der Waals surface area contributed by atoms with Gasteiger partial charge in [0, 0.05) is 30.5 Å². The van der Waals surface area contributed by atoms with Gasteiger partial charge in [0.2, 0.25) is 5.89 Å². The number of halogens is 5. The van der Waals surface area contributed by atoms with Crippen LogP contribution in [0.2, 0.25) is 0 Å². The van der Waals surface area contributed by atoms with Crippen LogP contribution < -0.4 is 0 Å². The van der Waals surface area contributed by atoms with Gasteiger partial charge in [0.15, 0.2) is 0 Å². The van der Waals surface area contributed by atoms with Gasteiger partial charge in [-0.05, 0) is 35.4 Å². The Bertz CT molecular complexity index is 1200. The molecule has 0 N–H and O–H groups in total. The third kappa shape index (κ3) is 3.97. The highest BCUT2D eigenvalue weighted by molar-refractivity contribution is 5.99. The van der Waals surface area contributed by atoms with Crippen LogP contribution in [-0.4, -0.2) is 38.6 Å². The molecule has 5 rings (SSSR count). The van der Waals surface area contributed by atoms with Crippen molar-refractivity contribution in [2.75, 3.05) is 6.54 Å². The largest absolute Gasteiger partial charge is 0.415 e. The van der Waals surface area contributed by atoms with Gasteiger partial charge in [-0.25, -0.2) is 18.2 Å². The maximum Gasteiger partial charge on any atom is 0.314 e. The molecule has 0 aliphatic carbocycles. The van der Waals surface area contributed by atoms with Crippen LogP contribution in [0.5, 0.6) is 0 Å². The Kier molecular flexibility index (Phi) is 5.15. The fourth-order valence-electron chi connectivity index (χ4n) is 4.25. The van der Waals surface area contributed by atoms with E-state index in [1.807, 2.05) is 0 Å². The lowest BCUT2D eigenvalue weighted by atomic mass is 9.94. The van der Waals surface area contributed by atoms with Crippen LogP contribution in [0.15, 0.2) is 46.9 Å². The summed E-state index contributed by atoms with van der Waals surface area (Å²) in [6.07, 6.45) is -3.85. The van der Waals surface area contributed by atoms with Gasteiger partial charge in [-0.2, -0.15) is 8.78 Å². The van der Waals surface area contributed by atoms with E-state index in [4.69, 9.17) is 4.42 Å². The number of benzene rings is 2. The normalized spacial score (nSPS) is 20.5. The van der Waals surface area contributed by atoms with Crippen molar-refractivity contribution in [3.8, 4) is 11.5 Å². The predicted octanol–water partition coefficient (Wildman–Crippen LogP) is 5.16. The summed E-state index contributed by atoms with van der Waals surface area (Å²) in [5, 5.41) is 9.87. The number of carbonyl (C=O) groups is 1. The van der Waals surface area contributed by atoms with Crippen molar-refractivity contribution in [1.29, 1.82) is 0 Å². The summed E-state index contributed by atoms with van der Waals surface area (Å²) in [7, 11) is 0. The zero-order chi connectivity index (χ0) is 23.3. The van der Waals surface area contributed by atoms with Gasteiger partial charge < -0.3 is 4.42 Å². The zero-order valence-corrected chi connectivity index (χ0v) is 17.0. The molecule has 1 amide bonds. The summed E-state index contributed by atoms with van der Waals surface area (Å²) in [6, 6.07) is 9.13. The van der Waals surface area contributed by atoms with E-state index in [1.54, 1.807) is 17.1 Å². The first-order valence-corrected chi connectivity index (χ1v) is 10.2. The third-order valence-electron chi connectivity index (χ3n) is 5.89. The summed E-state index contributed by atoms with van der Waals surface area (Å²) in [5.74, 6) is -4.80. The number of alkyl halides is 4. The maximum atomic E-state index is 14.3. The minimum absolute atomic E-state index is 0.0664. The Hall–Kier alpha value is -3.34. The lowest BCUT2D eigenvalue weighted by Crippen LogP contribution is -2.51. The van der Waals surface area contributed by atoms with Crippen LogP contribution in [0.3, 0.4) is 0 Å². The second-order valence-electron chi connectivity index (χ2n) is 8.02. The van der Waals surface area contributed by atoms with E-state index in [9.17, 15) is 26.7 Å². The first kappa shape index (κ1) is 21.5. The zero-order valence-electron chi connectivity index (χ0n) is 17.0. The van der Waals surface area contributed by atoms with Gasteiger partial charge in [0.25, 0.3) is 17.7 Å². The molecule has 3 aromatic rings. The lowest BCUT2D eigenvalue weighted by Gasteiger charge is -2.43. The van der Waals surface area contributed by atoms with E-state index in [0.717, 1.165) is 0 Å². The quantitative estimate of drug-likeness (QED) is 0.500. The molecular weight excluding hydrogens is 447 g/mol. The van der Waals surface area contributed by atoms with E-state index in [-0.39, 0.29) is 19.0 Å². The Morgan fingerprint density at radius 2 is 1.85 bits per heavy atom. The SMILES string of the molecule is O=C1c2cc(-c3nnc(C(F)F)o3)ccc2CN1N1CCC(F)(F)CC1c1ccc(F)cc1. The van der Waals surface area contributed by atoms with Crippen LogP contribution in [0.4, 0.5) is 22.0 Å². The first-order valence-electron chi connectivity index (χ1n) is 10.2. The number of hydrogen-bond donors (Lipinski definition) is 0. The maximum absolute atomic E-state index is 14.3. The van der Waals surface area contributed by atoms with Crippen molar-refractivity contribution < 1.29 is 31.2 Å². The van der Waals surface area contributed by atoms with E-state index in [1.165, 1.54) is 35.3 Å². The van der Waals surface area contributed by atoms with Gasteiger partial charge in [-0.15, -0.1) is 10.2 Å². The van der Waals surface area contributed by atoms with E-state index in [2.05, 4.69) is 10.2 Å². The molecule has 1 saturated heterocycles. The van der Waals surface area contributed by atoms with Crippen LogP contribution in [-0.2, 0) is 6.54 Å². The number of amides is 1. The Labute approximate surface area is 184 Å². The molecule has 33 heavy (non-hydrogen) atoms. The van der Waals surface area contributed by atoms with Crippen molar-refractivity contribution in [3.05, 3.63) is 70.9 Å². The smallest absolute Gasteiger partial charge is 0.314 e. The molecule has 172 valence electrons. The van der Waals surface area contributed by atoms with Crippen molar-refractivity contribution >= 4 is 5.91 Å². The molecule has 1 unspecified atom stereocenters. The highest BCUT2D eigenvalue weighted by atomic mass is 19.3. The van der Waals surface area contributed by atoms with Crippen LogP contribution in [0.25, 0.3) is 11.5 Å². The number of piperidine rings is 1. The first-order chi connectivity index (χ1) is 15.7. The number of aromatic nitrogens is 2. The van der Waals surface area contributed by atoms with Gasteiger partial charge in [0.1, 0.15) is 5.82 Å². The summed E-state index contributed by atoms with van der Waals surface area (Å²) in [4.78, 5) is 13.2. The fraction of sp³-hybridized carbons (Fsp3) is 0.318. The average Bonchev–Trinajstić information content (AvgIpc) is 3.39. The molecule has 6 nitrogen and oxygen atoms in total. The Balaban J connectivity index is 1.44. The molecule has 0 spiro atoms. The minimum Gasteiger partial charge on any atom is -0.415 e. The fourth-order valence-corrected chi connectivity index (χ4v) is 4.25. The summed E-state index contributed by atoms with van der Waals surface area (Å²) >= 11 is 0. The van der Waals surface area contributed by atoms with Crippen molar-refractivity contribution in [3.63, 3.8) is 0 Å². The van der Waals surface area contributed by atoms with E-state index < -0.39 is 48.8 Å². The Morgan fingerprint density at radius 3 is 2.55 bits per heavy atom. The number of hydrogen-bond acceptors (Lipinski definition) is 5. The molecule has 0 radical (unpaired) electrons. The molecule has 11 heteroatoms. The summed E-state index contributed by atoms with van der Waals surface area (Å²) in [6.45, 7) is 0.0901. The second-order valence-corrected chi connectivity index (χ2v) is 8.02. The number of fused-ring (bicyclic) bond motifs is 1. The molecule has 0 saturated carbocycles. The molecule has 1 atom stereocenters. The monoisotopic (exact) mass is 464 g/mol. The molecule has 2 aliphatic heterocycles. The number of rotatable bonds is 4. The molecule has 1 fully saturated rings. The van der Waals surface area contributed by atoms with Crippen LogP contribution in [0, 0.1) is 5.82 Å². The average molecular weight is 464 g/mol. The number of carbonyl (C=O) groups excluding carboxylic acids is 1. The Morgan fingerprint density at radius 1 is 1.09 bits per heavy atom. The molecule has 2 aliphatic rings. The molecule has 3 heterocycles. The minimum atomic E-state index is -2.92. The number of hydrazine groups is 1. The predicted molar refractivity (Wildman–Crippen MR) is 105 cm³/mol. The van der Waals surface area contributed by atoms with Gasteiger partial charge in [-0.1, -0.05) is 18.2 Å².